The van der Waals surface area contributed by atoms with Gasteiger partial charge in [-0.2, -0.15) is 0 Å². The van der Waals surface area contributed by atoms with E-state index in [4.69, 9.17) is 25.4 Å². The van der Waals surface area contributed by atoms with E-state index >= 15 is 0 Å². The maximum atomic E-state index is 11.8. The van der Waals surface area contributed by atoms with Crippen molar-refractivity contribution in [1.29, 1.82) is 0 Å². The molecule has 0 aromatic heterocycles. The van der Waals surface area contributed by atoms with E-state index in [1.807, 2.05) is 32.9 Å². The molecule has 33 heavy (non-hydrogen) atoms. The first kappa shape index (κ1) is 28.8. The van der Waals surface area contributed by atoms with Gasteiger partial charge in [0.15, 0.2) is 0 Å². The van der Waals surface area contributed by atoms with Crippen LogP contribution in [0.5, 0.6) is 5.75 Å². The number of amides is 1. The van der Waals surface area contributed by atoms with Crippen LogP contribution in [0.15, 0.2) is 24.3 Å². The van der Waals surface area contributed by atoms with Gasteiger partial charge in [0, 0.05) is 25.1 Å². The van der Waals surface area contributed by atoms with Crippen molar-refractivity contribution in [3.63, 3.8) is 0 Å². The summed E-state index contributed by atoms with van der Waals surface area (Å²) in [7, 11) is 0. The van der Waals surface area contributed by atoms with Gasteiger partial charge in [-0.1, -0.05) is 0 Å². The molecule has 0 aliphatic rings. The lowest BCUT2D eigenvalue weighted by Gasteiger charge is -2.30. The van der Waals surface area contributed by atoms with E-state index in [0.29, 0.717) is 18.9 Å². The van der Waals surface area contributed by atoms with E-state index in [0.717, 1.165) is 44.5 Å². The zero-order valence-corrected chi connectivity index (χ0v) is 21.6. The molecule has 0 heterocycles. The summed E-state index contributed by atoms with van der Waals surface area (Å²) in [6.45, 7) is 15.7. The molecule has 1 rings (SSSR count). The average Bonchev–Trinajstić information content (AvgIpc) is 2.67. The molecule has 0 saturated heterocycles. The van der Waals surface area contributed by atoms with Gasteiger partial charge < -0.3 is 18.9 Å². The predicted octanol–water partition coefficient (Wildman–Crippen LogP) is 6.59. The summed E-state index contributed by atoms with van der Waals surface area (Å²) in [5.74, 6) is 3.39. The predicted molar refractivity (Wildman–Crippen MR) is 134 cm³/mol. The zero-order valence-electron chi connectivity index (χ0n) is 21.6. The van der Waals surface area contributed by atoms with Crippen molar-refractivity contribution in [1.82, 2.24) is 0 Å². The number of hydrogen-bond donors (Lipinski definition) is 1. The molecule has 1 aromatic carbocycles. The van der Waals surface area contributed by atoms with Gasteiger partial charge in [0.2, 0.25) is 0 Å². The summed E-state index contributed by atoms with van der Waals surface area (Å²) >= 11 is 0. The maximum absolute atomic E-state index is 11.8. The van der Waals surface area contributed by atoms with Gasteiger partial charge in [-0.3, -0.25) is 5.32 Å². The number of carbonyl (C=O) groups excluding carboxylic acids is 1. The summed E-state index contributed by atoms with van der Waals surface area (Å²) in [4.78, 5) is 11.8. The Morgan fingerprint density at radius 2 is 1.45 bits per heavy atom. The van der Waals surface area contributed by atoms with Crippen LogP contribution in [0.4, 0.5) is 10.5 Å². The Labute approximate surface area is 200 Å². The number of nitrogens with one attached hydrogen (secondary N) is 1. The molecule has 186 valence electrons. The van der Waals surface area contributed by atoms with Gasteiger partial charge in [-0.25, -0.2) is 4.79 Å². The van der Waals surface area contributed by atoms with Crippen LogP contribution in [-0.2, 0) is 14.2 Å². The van der Waals surface area contributed by atoms with Crippen molar-refractivity contribution in [2.45, 2.75) is 97.4 Å². The second-order valence-corrected chi connectivity index (χ2v) is 10.4. The fourth-order valence-electron chi connectivity index (χ4n) is 2.87. The molecule has 0 aliphatic heterocycles. The van der Waals surface area contributed by atoms with Crippen LogP contribution in [0.25, 0.3) is 0 Å². The molecule has 1 aromatic rings. The molecule has 6 nitrogen and oxygen atoms in total. The van der Waals surface area contributed by atoms with Gasteiger partial charge in [-0.15, -0.1) is 12.3 Å². The number of ether oxygens (including phenoxy) is 4. The second kappa shape index (κ2) is 13.5. The lowest BCUT2D eigenvalue weighted by atomic mass is 10.0. The third kappa shape index (κ3) is 14.5. The highest BCUT2D eigenvalue weighted by Gasteiger charge is 2.23. The van der Waals surface area contributed by atoms with Crippen LogP contribution < -0.4 is 10.1 Å². The summed E-state index contributed by atoms with van der Waals surface area (Å²) in [6, 6.07) is 7.22. The summed E-state index contributed by atoms with van der Waals surface area (Å²) in [5, 5.41) is 2.71. The SMILES string of the molecule is C#CCCCCOC(C)(C)CCOC(C)(C)CCOc1ccc(NC(=O)OC(C)(C)C)cc1. The first-order chi connectivity index (χ1) is 15.3. The monoisotopic (exact) mass is 461 g/mol. The van der Waals surface area contributed by atoms with E-state index in [9.17, 15) is 4.79 Å². The largest absolute Gasteiger partial charge is 0.493 e. The Morgan fingerprint density at radius 1 is 0.879 bits per heavy atom. The molecule has 1 amide bonds. The lowest BCUT2D eigenvalue weighted by molar-refractivity contribution is -0.0773. The fourth-order valence-corrected chi connectivity index (χ4v) is 2.87. The molecule has 0 bridgehead atoms. The van der Waals surface area contributed by atoms with Crippen LogP contribution in [-0.4, -0.2) is 42.7 Å². The standard InChI is InChI=1S/C27H43NO5/c1-9-10-11-12-19-31-27(7,8)18-21-32-26(5,6)17-20-30-23-15-13-22(14-16-23)28-24(29)33-25(2,3)4/h1,13-16H,10-12,17-21H2,2-8H3,(H,28,29). The highest BCUT2D eigenvalue weighted by Crippen LogP contribution is 2.22. The van der Waals surface area contributed by atoms with Crippen LogP contribution in [0.3, 0.4) is 0 Å². The topological polar surface area (TPSA) is 66.0 Å². The Morgan fingerprint density at radius 3 is 2.03 bits per heavy atom. The van der Waals surface area contributed by atoms with Crippen molar-refractivity contribution in [3.8, 4) is 18.1 Å². The van der Waals surface area contributed by atoms with Crippen LogP contribution in [0.2, 0.25) is 0 Å². The molecular weight excluding hydrogens is 418 g/mol. The molecule has 1 N–H and O–H groups in total. The summed E-state index contributed by atoms with van der Waals surface area (Å²) in [5.41, 5.74) is -0.410. The van der Waals surface area contributed by atoms with Crippen molar-refractivity contribution in [2.75, 3.05) is 25.1 Å². The highest BCUT2D eigenvalue weighted by molar-refractivity contribution is 5.84. The zero-order chi connectivity index (χ0) is 25.0. The van der Waals surface area contributed by atoms with Crippen LogP contribution in [0, 0.1) is 12.3 Å². The van der Waals surface area contributed by atoms with E-state index in [1.54, 1.807) is 12.1 Å². The molecule has 0 atom stereocenters. The summed E-state index contributed by atoms with van der Waals surface area (Å²) < 4.78 is 23.2. The number of hydrogen-bond acceptors (Lipinski definition) is 5. The van der Waals surface area contributed by atoms with Crippen LogP contribution in [0.1, 0.15) is 80.6 Å². The molecule has 0 fully saturated rings. The molecule has 0 unspecified atom stereocenters. The van der Waals surface area contributed by atoms with Gasteiger partial charge in [0.1, 0.15) is 11.4 Å². The van der Waals surface area contributed by atoms with E-state index < -0.39 is 11.7 Å². The number of benzene rings is 1. The Hall–Kier alpha value is -2.23. The Balaban J connectivity index is 2.31. The average molecular weight is 462 g/mol. The highest BCUT2D eigenvalue weighted by atomic mass is 16.6. The van der Waals surface area contributed by atoms with E-state index in [-0.39, 0.29) is 11.2 Å². The minimum atomic E-state index is -0.535. The maximum Gasteiger partial charge on any atom is 0.412 e. The summed E-state index contributed by atoms with van der Waals surface area (Å²) in [6.07, 6.45) is 9.14. The van der Waals surface area contributed by atoms with Gasteiger partial charge in [-0.05, 0) is 92.0 Å². The normalized spacial score (nSPS) is 12.2. The molecule has 6 heteroatoms. The first-order valence-electron chi connectivity index (χ1n) is 11.8. The Bertz CT molecular complexity index is 741. The van der Waals surface area contributed by atoms with Gasteiger partial charge in [0.05, 0.1) is 24.4 Å². The molecule has 0 aliphatic carbocycles. The lowest BCUT2D eigenvalue weighted by Crippen LogP contribution is -2.32. The van der Waals surface area contributed by atoms with E-state index in [1.165, 1.54) is 0 Å². The number of anilines is 1. The number of rotatable bonds is 14. The van der Waals surface area contributed by atoms with E-state index in [2.05, 4.69) is 38.9 Å². The number of unbranched alkanes of at least 4 members (excludes halogenated alkanes) is 2. The first-order valence-corrected chi connectivity index (χ1v) is 11.8. The third-order valence-electron chi connectivity index (χ3n) is 4.88. The third-order valence-corrected chi connectivity index (χ3v) is 4.88. The molecule has 0 saturated carbocycles. The fraction of sp³-hybridized carbons (Fsp3) is 0.667. The van der Waals surface area contributed by atoms with Crippen molar-refractivity contribution in [2.24, 2.45) is 0 Å². The number of carbonyl (C=O) groups is 1. The molecule has 0 radical (unpaired) electrons. The second-order valence-electron chi connectivity index (χ2n) is 10.4. The quantitative estimate of drug-likeness (QED) is 0.250. The minimum absolute atomic E-state index is 0.224. The molecular formula is C27H43NO5. The smallest absolute Gasteiger partial charge is 0.412 e. The van der Waals surface area contributed by atoms with Gasteiger partial charge >= 0.3 is 6.09 Å². The van der Waals surface area contributed by atoms with Crippen LogP contribution >= 0.6 is 0 Å². The van der Waals surface area contributed by atoms with Crippen molar-refractivity contribution >= 4 is 11.8 Å². The Kier molecular flexibility index (Phi) is 11.8. The minimum Gasteiger partial charge on any atom is -0.493 e. The number of terminal acetylenes is 1. The van der Waals surface area contributed by atoms with Gasteiger partial charge in [0.25, 0.3) is 0 Å². The van der Waals surface area contributed by atoms with Crippen molar-refractivity contribution < 1.29 is 23.7 Å². The molecule has 0 spiro atoms. The van der Waals surface area contributed by atoms with Crippen molar-refractivity contribution in [3.05, 3.63) is 24.3 Å².